The zero-order valence-corrected chi connectivity index (χ0v) is 32.6. The molecule has 2 aliphatic carbocycles. The number of phenols is 2. The summed E-state index contributed by atoms with van der Waals surface area (Å²) in [6, 6.07) is 34.1. The van der Waals surface area contributed by atoms with Crippen molar-refractivity contribution in [3.63, 3.8) is 0 Å². The third-order valence-electron chi connectivity index (χ3n) is 11.5. The zero-order valence-electron chi connectivity index (χ0n) is 32.6. The fraction of sp³-hybridized carbons (Fsp3) is 0.154. The summed E-state index contributed by atoms with van der Waals surface area (Å²) in [5, 5.41) is 22.1. The zero-order chi connectivity index (χ0) is 41.3. The first-order valence-corrected chi connectivity index (χ1v) is 20.2. The standard InChI is InChI=1S/2C26H20O4/c2*27-22-12-6-4-10-18(22)24(28)17-14-20(16-8-2-1-3-9-16)26-21(15-17)25(29)19-11-5-7-13-23(19)30-26/h2*2,4-8,10-16,27H,1,3,9H2. The summed E-state index contributed by atoms with van der Waals surface area (Å²) in [6.45, 7) is 0. The SMILES string of the molecule is O=C(c1cc(C2C=CCCC2)c2oc3ccccc3c(=O)c2c1)c1ccccc1O.O=C(c1cc(C2C=CCCC2)c2oc3ccccc3c(=O)c2c1)c1ccccc1O. The summed E-state index contributed by atoms with van der Waals surface area (Å²) < 4.78 is 12.4. The van der Waals surface area contributed by atoms with Crippen LogP contribution in [0.3, 0.4) is 0 Å². The van der Waals surface area contributed by atoms with Crippen LogP contribution >= 0.6 is 0 Å². The topological polar surface area (TPSA) is 135 Å². The van der Waals surface area contributed by atoms with Crippen molar-refractivity contribution in [1.82, 2.24) is 0 Å². The Kier molecular flexibility index (Phi) is 10.3. The Morgan fingerprint density at radius 1 is 0.500 bits per heavy atom. The molecule has 6 aromatic carbocycles. The lowest BCUT2D eigenvalue weighted by atomic mass is 9.86. The highest BCUT2D eigenvalue weighted by molar-refractivity contribution is 6.13. The van der Waals surface area contributed by atoms with Crippen LogP contribution in [0.5, 0.6) is 11.5 Å². The van der Waals surface area contributed by atoms with E-state index in [0.29, 0.717) is 55.0 Å². The van der Waals surface area contributed by atoms with Gasteiger partial charge in [0.2, 0.25) is 10.9 Å². The summed E-state index contributed by atoms with van der Waals surface area (Å²) in [6.07, 6.45) is 14.5. The van der Waals surface area contributed by atoms with Crippen LogP contribution in [-0.4, -0.2) is 21.8 Å². The van der Waals surface area contributed by atoms with Gasteiger partial charge in [-0.2, -0.15) is 0 Å². The molecule has 8 heteroatoms. The highest BCUT2D eigenvalue weighted by Crippen LogP contribution is 2.37. The number of allylic oxidation sites excluding steroid dienone is 4. The molecular formula is C52H40O8. The van der Waals surface area contributed by atoms with E-state index in [2.05, 4.69) is 24.3 Å². The normalized spacial score (nSPS) is 16.2. The van der Waals surface area contributed by atoms with Gasteiger partial charge in [0.05, 0.1) is 32.7 Å². The molecular weight excluding hydrogens is 753 g/mol. The van der Waals surface area contributed by atoms with E-state index in [0.717, 1.165) is 49.7 Å². The fourth-order valence-corrected chi connectivity index (χ4v) is 8.46. The average Bonchev–Trinajstić information content (AvgIpc) is 3.29. The van der Waals surface area contributed by atoms with Gasteiger partial charge in [-0.3, -0.25) is 19.2 Å². The molecule has 0 saturated carbocycles. The first-order chi connectivity index (χ1) is 29.3. The molecule has 60 heavy (non-hydrogen) atoms. The maximum atomic E-state index is 13.3. The van der Waals surface area contributed by atoms with Crippen molar-refractivity contribution in [3.05, 3.63) is 199 Å². The molecule has 0 saturated heterocycles. The van der Waals surface area contributed by atoms with Crippen LogP contribution in [0.4, 0.5) is 0 Å². The molecule has 8 aromatic rings. The highest BCUT2D eigenvalue weighted by Gasteiger charge is 2.25. The van der Waals surface area contributed by atoms with E-state index < -0.39 is 0 Å². The van der Waals surface area contributed by atoms with Crippen LogP contribution in [0, 0.1) is 0 Å². The number of carbonyl (C=O) groups excluding carboxylic acids is 2. The van der Waals surface area contributed by atoms with Crippen molar-refractivity contribution in [2.75, 3.05) is 0 Å². The van der Waals surface area contributed by atoms with Crippen molar-refractivity contribution in [1.29, 1.82) is 0 Å². The van der Waals surface area contributed by atoms with Crippen LogP contribution in [0.15, 0.2) is 164 Å². The lowest BCUT2D eigenvalue weighted by Crippen LogP contribution is -2.10. The van der Waals surface area contributed by atoms with E-state index in [1.54, 1.807) is 84.9 Å². The molecule has 2 heterocycles. The number of hydrogen-bond donors (Lipinski definition) is 2. The molecule has 8 nitrogen and oxygen atoms in total. The number of phenolic OH excluding ortho intramolecular Hbond substituents is 2. The summed E-state index contributed by atoms with van der Waals surface area (Å²) in [4.78, 5) is 52.9. The minimum absolute atomic E-state index is 0.0719. The molecule has 0 bridgehead atoms. The maximum absolute atomic E-state index is 13.3. The van der Waals surface area contributed by atoms with Crippen LogP contribution in [0.1, 0.15) is 93.3 Å². The van der Waals surface area contributed by atoms with Crippen molar-refractivity contribution in [2.45, 2.75) is 50.4 Å². The van der Waals surface area contributed by atoms with E-state index in [1.165, 1.54) is 12.1 Å². The van der Waals surface area contributed by atoms with E-state index in [9.17, 15) is 29.4 Å². The Bertz CT molecular complexity index is 2970. The number of ketones is 2. The van der Waals surface area contributed by atoms with Gasteiger partial charge in [-0.15, -0.1) is 0 Å². The van der Waals surface area contributed by atoms with Gasteiger partial charge in [-0.05, 0) is 111 Å². The van der Waals surface area contributed by atoms with Crippen LogP contribution in [0.25, 0.3) is 43.9 Å². The number of para-hydroxylation sites is 4. The monoisotopic (exact) mass is 792 g/mol. The number of fused-ring (bicyclic) bond motifs is 4. The van der Waals surface area contributed by atoms with Crippen LogP contribution in [0.2, 0.25) is 0 Å². The smallest absolute Gasteiger partial charge is 0.200 e. The van der Waals surface area contributed by atoms with Crippen LogP contribution < -0.4 is 10.9 Å². The van der Waals surface area contributed by atoms with Gasteiger partial charge in [0, 0.05) is 34.1 Å². The third-order valence-corrected chi connectivity index (χ3v) is 11.5. The Morgan fingerprint density at radius 3 is 1.30 bits per heavy atom. The van der Waals surface area contributed by atoms with Gasteiger partial charge in [-0.1, -0.05) is 72.8 Å². The maximum Gasteiger partial charge on any atom is 0.200 e. The van der Waals surface area contributed by atoms with E-state index in [1.807, 2.05) is 24.3 Å². The molecule has 296 valence electrons. The average molecular weight is 793 g/mol. The Labute approximate surface area is 344 Å². The molecule has 2 aliphatic rings. The molecule has 10 rings (SSSR count). The number of aromatic hydroxyl groups is 2. The molecule has 2 aromatic heterocycles. The largest absolute Gasteiger partial charge is 0.507 e. The van der Waals surface area contributed by atoms with Gasteiger partial charge in [-0.25, -0.2) is 0 Å². The van der Waals surface area contributed by atoms with E-state index in [-0.39, 0.29) is 56.9 Å². The minimum atomic E-state index is -0.316. The molecule has 2 unspecified atom stereocenters. The molecule has 0 aliphatic heterocycles. The number of benzene rings is 6. The van der Waals surface area contributed by atoms with Gasteiger partial charge in [0.1, 0.15) is 33.8 Å². The van der Waals surface area contributed by atoms with Crippen molar-refractivity contribution in [3.8, 4) is 11.5 Å². The van der Waals surface area contributed by atoms with Crippen LogP contribution in [-0.2, 0) is 0 Å². The predicted octanol–water partition coefficient (Wildman–Crippen LogP) is 11.4. The minimum Gasteiger partial charge on any atom is -0.507 e. The van der Waals surface area contributed by atoms with Crippen molar-refractivity contribution in [2.24, 2.45) is 0 Å². The Balaban J connectivity index is 0.000000154. The van der Waals surface area contributed by atoms with Gasteiger partial charge in [0.15, 0.2) is 11.6 Å². The van der Waals surface area contributed by atoms with Crippen molar-refractivity contribution < 1.29 is 28.6 Å². The number of hydrogen-bond acceptors (Lipinski definition) is 8. The van der Waals surface area contributed by atoms with Gasteiger partial charge >= 0.3 is 0 Å². The molecule has 0 amide bonds. The van der Waals surface area contributed by atoms with E-state index >= 15 is 0 Å². The molecule has 0 radical (unpaired) electrons. The molecule has 2 N–H and O–H groups in total. The number of carbonyl (C=O) groups is 2. The third kappa shape index (κ3) is 7.11. The van der Waals surface area contributed by atoms with Gasteiger partial charge in [0.25, 0.3) is 0 Å². The number of rotatable bonds is 6. The Morgan fingerprint density at radius 2 is 0.900 bits per heavy atom. The Hall–Kier alpha value is -7.32. The first kappa shape index (κ1) is 38.2. The lowest BCUT2D eigenvalue weighted by Gasteiger charge is -2.19. The van der Waals surface area contributed by atoms with Crippen molar-refractivity contribution >= 4 is 55.4 Å². The van der Waals surface area contributed by atoms with E-state index in [4.69, 9.17) is 8.83 Å². The second-order valence-electron chi connectivity index (χ2n) is 15.4. The summed E-state index contributed by atoms with van der Waals surface area (Å²) in [5.74, 6) is -0.642. The lowest BCUT2D eigenvalue weighted by molar-refractivity contribution is 0.102. The van der Waals surface area contributed by atoms with Gasteiger partial charge < -0.3 is 19.0 Å². The second kappa shape index (κ2) is 16.1. The summed E-state index contributed by atoms with van der Waals surface area (Å²) in [7, 11) is 0. The first-order valence-electron chi connectivity index (χ1n) is 20.2. The summed E-state index contributed by atoms with van der Waals surface area (Å²) in [5.41, 5.74) is 4.69. The molecule has 0 fully saturated rings. The molecule has 2 atom stereocenters. The summed E-state index contributed by atoms with van der Waals surface area (Å²) >= 11 is 0. The predicted molar refractivity (Wildman–Crippen MR) is 235 cm³/mol. The second-order valence-corrected chi connectivity index (χ2v) is 15.4. The fourth-order valence-electron chi connectivity index (χ4n) is 8.46. The quantitative estimate of drug-likeness (QED) is 0.0965. The molecule has 0 spiro atoms. The highest BCUT2D eigenvalue weighted by atomic mass is 16.3.